The largest absolute Gasteiger partial charge is 0.511 e. The van der Waals surface area contributed by atoms with Gasteiger partial charge in [-0.05, 0) is 24.6 Å². The zero-order valence-corrected chi connectivity index (χ0v) is 11.1. The molecule has 19 heavy (non-hydrogen) atoms. The van der Waals surface area contributed by atoms with Crippen molar-refractivity contribution in [2.45, 2.75) is 13.3 Å². The third-order valence-corrected chi connectivity index (χ3v) is 3.14. The van der Waals surface area contributed by atoms with E-state index in [-0.39, 0.29) is 16.3 Å². The topological polar surface area (TPSA) is 61.4 Å². The number of carbonyl (C=O) groups is 1. The summed E-state index contributed by atoms with van der Waals surface area (Å²) in [7, 11) is 0. The molecule has 1 aromatic rings. The molecule has 0 bridgehead atoms. The lowest BCUT2D eigenvalue weighted by Gasteiger charge is -2.18. The molecule has 2 rings (SSSR count). The van der Waals surface area contributed by atoms with Crippen molar-refractivity contribution in [2.24, 2.45) is 0 Å². The molecule has 4 nitrogen and oxygen atoms in total. The van der Waals surface area contributed by atoms with E-state index >= 15 is 0 Å². The highest BCUT2D eigenvalue weighted by molar-refractivity contribution is 7.81. The summed E-state index contributed by atoms with van der Waals surface area (Å²) in [4.78, 5) is 11.7. The average molecular weight is 280 g/mol. The zero-order chi connectivity index (χ0) is 14.0. The van der Waals surface area contributed by atoms with Gasteiger partial charge in [-0.1, -0.05) is 18.3 Å². The van der Waals surface area contributed by atoms with Crippen molar-refractivity contribution < 1.29 is 14.3 Å². The van der Waals surface area contributed by atoms with Crippen LogP contribution in [0.1, 0.15) is 12.0 Å². The van der Waals surface area contributed by atoms with Gasteiger partial charge in [0, 0.05) is 18.7 Å². The third kappa shape index (κ3) is 2.90. The van der Waals surface area contributed by atoms with Gasteiger partial charge >= 0.3 is 0 Å². The zero-order valence-electron chi connectivity index (χ0n) is 10.3. The molecule has 0 fully saturated rings. The van der Waals surface area contributed by atoms with Crippen molar-refractivity contribution >= 4 is 28.8 Å². The molecule has 0 saturated heterocycles. The summed E-state index contributed by atoms with van der Waals surface area (Å²) in [6, 6.07) is 4.24. The monoisotopic (exact) mass is 280 g/mol. The standard InChI is InChI=1S/C13H13FN2O2S/c1-7-2-3-8(14)6-9(7)16-13(19)11-10(17)4-5-15-12(11)18/h2-3,6,17H,4-5H2,1H3,(H,15,18)(H,16,19). The first-order valence-electron chi connectivity index (χ1n) is 5.77. The SMILES string of the molecule is Cc1ccc(F)cc1NC(=S)C1=C(O)CCNC1=O. The predicted molar refractivity (Wildman–Crippen MR) is 74.6 cm³/mol. The van der Waals surface area contributed by atoms with Crippen LogP contribution >= 0.6 is 12.2 Å². The normalized spacial score (nSPS) is 15.2. The highest BCUT2D eigenvalue weighted by Gasteiger charge is 2.24. The number of thiocarbonyl (C=S) groups is 1. The Bertz CT molecular complexity index is 584. The molecule has 0 radical (unpaired) electrons. The molecule has 0 atom stereocenters. The Labute approximate surface area is 115 Å². The number of aliphatic hydroxyl groups is 1. The van der Waals surface area contributed by atoms with Gasteiger partial charge in [-0.25, -0.2) is 4.39 Å². The van der Waals surface area contributed by atoms with Crippen LogP contribution in [0.2, 0.25) is 0 Å². The number of amides is 1. The molecule has 3 N–H and O–H groups in total. The summed E-state index contributed by atoms with van der Waals surface area (Å²) in [6.45, 7) is 2.18. The molecule has 0 aromatic heterocycles. The number of benzene rings is 1. The first kappa shape index (κ1) is 13.5. The number of hydrogen-bond acceptors (Lipinski definition) is 3. The van der Waals surface area contributed by atoms with Gasteiger partial charge in [0.2, 0.25) is 0 Å². The van der Waals surface area contributed by atoms with Gasteiger partial charge in [0.25, 0.3) is 5.91 Å². The fourth-order valence-electron chi connectivity index (χ4n) is 1.79. The summed E-state index contributed by atoms with van der Waals surface area (Å²) in [5.41, 5.74) is 1.31. The van der Waals surface area contributed by atoms with Gasteiger partial charge in [0.15, 0.2) is 0 Å². The molecule has 100 valence electrons. The summed E-state index contributed by atoms with van der Waals surface area (Å²) < 4.78 is 13.2. The molecule has 1 aromatic carbocycles. The molecule has 0 saturated carbocycles. The number of rotatable bonds is 2. The second-order valence-corrected chi connectivity index (χ2v) is 4.65. The molecule has 0 spiro atoms. The van der Waals surface area contributed by atoms with Crippen LogP contribution in [0.3, 0.4) is 0 Å². The van der Waals surface area contributed by atoms with Gasteiger partial charge in [-0.3, -0.25) is 4.79 Å². The highest BCUT2D eigenvalue weighted by atomic mass is 32.1. The maximum absolute atomic E-state index is 13.2. The van der Waals surface area contributed by atoms with E-state index in [1.54, 1.807) is 13.0 Å². The van der Waals surface area contributed by atoms with Crippen molar-refractivity contribution in [3.8, 4) is 0 Å². The molecule has 0 unspecified atom stereocenters. The van der Waals surface area contributed by atoms with Crippen LogP contribution in [-0.4, -0.2) is 22.5 Å². The van der Waals surface area contributed by atoms with Gasteiger partial charge < -0.3 is 15.7 Å². The van der Waals surface area contributed by atoms with Gasteiger partial charge in [-0.2, -0.15) is 0 Å². The van der Waals surface area contributed by atoms with Gasteiger partial charge in [-0.15, -0.1) is 0 Å². The Balaban J connectivity index is 2.26. The smallest absolute Gasteiger partial charge is 0.257 e. The molecule has 1 heterocycles. The van der Waals surface area contributed by atoms with Crippen molar-refractivity contribution in [3.63, 3.8) is 0 Å². The molecule has 1 amide bonds. The fourth-order valence-corrected chi connectivity index (χ4v) is 2.11. The first-order valence-corrected chi connectivity index (χ1v) is 6.17. The maximum atomic E-state index is 13.2. The van der Waals surface area contributed by atoms with Crippen LogP contribution in [0, 0.1) is 12.7 Å². The Hall–Kier alpha value is -1.95. The molecular weight excluding hydrogens is 267 g/mol. The minimum atomic E-state index is -0.421. The summed E-state index contributed by atoms with van der Waals surface area (Å²) in [6.07, 6.45) is 0.338. The highest BCUT2D eigenvalue weighted by Crippen LogP contribution is 2.19. The van der Waals surface area contributed by atoms with E-state index in [9.17, 15) is 14.3 Å². The second kappa shape index (κ2) is 5.36. The van der Waals surface area contributed by atoms with Crippen molar-refractivity contribution in [3.05, 3.63) is 40.9 Å². The lowest BCUT2D eigenvalue weighted by molar-refractivity contribution is -0.117. The molecule has 1 aliphatic rings. The summed E-state index contributed by atoms with van der Waals surface area (Å²) >= 11 is 5.10. The quantitative estimate of drug-likeness (QED) is 0.727. The van der Waals surface area contributed by atoms with Crippen LogP contribution in [0.4, 0.5) is 10.1 Å². The third-order valence-electron chi connectivity index (χ3n) is 2.84. The van der Waals surface area contributed by atoms with Crippen molar-refractivity contribution in [1.29, 1.82) is 0 Å². The van der Waals surface area contributed by atoms with E-state index in [0.717, 1.165) is 5.56 Å². The van der Waals surface area contributed by atoms with E-state index in [4.69, 9.17) is 12.2 Å². The summed E-state index contributed by atoms with van der Waals surface area (Å²) in [5.74, 6) is -0.868. The number of carbonyl (C=O) groups excluding carboxylic acids is 1. The minimum absolute atomic E-state index is 0.0460. The number of halogens is 1. The number of anilines is 1. The lowest BCUT2D eigenvalue weighted by Crippen LogP contribution is -2.36. The second-order valence-electron chi connectivity index (χ2n) is 4.24. The van der Waals surface area contributed by atoms with E-state index in [2.05, 4.69) is 10.6 Å². The Morgan fingerprint density at radius 3 is 2.95 bits per heavy atom. The van der Waals surface area contributed by atoms with Gasteiger partial charge in [0.1, 0.15) is 22.1 Å². The number of aryl methyl sites for hydroxylation is 1. The van der Waals surface area contributed by atoms with E-state index in [1.807, 2.05) is 0 Å². The van der Waals surface area contributed by atoms with Crippen LogP contribution in [0.25, 0.3) is 0 Å². The first-order chi connectivity index (χ1) is 8.99. The van der Waals surface area contributed by atoms with Gasteiger partial charge in [0.05, 0.1) is 0 Å². The van der Waals surface area contributed by atoms with Crippen LogP contribution in [0.15, 0.2) is 29.5 Å². The fraction of sp³-hybridized carbons (Fsp3) is 0.231. The van der Waals surface area contributed by atoms with E-state index < -0.39 is 11.7 Å². The summed E-state index contributed by atoms with van der Waals surface area (Å²) in [5, 5.41) is 15.1. The predicted octanol–water partition coefficient (Wildman–Crippen LogP) is 2.21. The van der Waals surface area contributed by atoms with Crippen LogP contribution in [-0.2, 0) is 4.79 Å². The maximum Gasteiger partial charge on any atom is 0.257 e. The lowest BCUT2D eigenvalue weighted by atomic mass is 10.1. The van der Waals surface area contributed by atoms with Crippen LogP contribution < -0.4 is 10.6 Å². The minimum Gasteiger partial charge on any atom is -0.511 e. The van der Waals surface area contributed by atoms with E-state index in [1.165, 1.54) is 12.1 Å². The van der Waals surface area contributed by atoms with E-state index in [0.29, 0.717) is 18.7 Å². The molecular formula is C13H13FN2O2S. The Morgan fingerprint density at radius 2 is 2.26 bits per heavy atom. The Morgan fingerprint density at radius 1 is 1.53 bits per heavy atom. The Kier molecular flexibility index (Phi) is 3.80. The molecule has 1 aliphatic heterocycles. The average Bonchev–Trinajstić information content (AvgIpc) is 2.33. The van der Waals surface area contributed by atoms with Crippen LogP contribution in [0.5, 0.6) is 0 Å². The number of aliphatic hydroxyl groups excluding tert-OH is 1. The van der Waals surface area contributed by atoms with Crippen molar-refractivity contribution in [1.82, 2.24) is 5.32 Å². The molecule has 0 aliphatic carbocycles. The molecule has 6 heteroatoms. The van der Waals surface area contributed by atoms with Crippen molar-refractivity contribution in [2.75, 3.05) is 11.9 Å². The number of nitrogens with one attached hydrogen (secondary N) is 2. The number of hydrogen-bond donors (Lipinski definition) is 3.